The van der Waals surface area contributed by atoms with Gasteiger partial charge in [-0.3, -0.25) is 14.9 Å². The van der Waals surface area contributed by atoms with Gasteiger partial charge in [-0.15, -0.1) is 11.8 Å². The molecular formula is C6H11N3O4S. The molecule has 0 bridgehead atoms. The summed E-state index contributed by atoms with van der Waals surface area (Å²) in [4.78, 5) is 31.2. The largest absolute Gasteiger partial charge is 0.480 e. The first-order valence-electron chi connectivity index (χ1n) is 3.59. The van der Waals surface area contributed by atoms with Crippen molar-refractivity contribution < 1.29 is 19.5 Å². The molecule has 1 atom stereocenters. The lowest BCUT2D eigenvalue weighted by Crippen LogP contribution is -2.37. The molecule has 0 aliphatic heterocycles. The Morgan fingerprint density at radius 3 is 2.43 bits per heavy atom. The molecule has 7 nitrogen and oxygen atoms in total. The van der Waals surface area contributed by atoms with E-state index in [1.54, 1.807) is 0 Å². The summed E-state index contributed by atoms with van der Waals surface area (Å²) in [6, 6.07) is -1.94. The third kappa shape index (κ3) is 6.26. The standard InChI is InChI=1S/C6H11N3O4S/c7-3(5(11)12)1-14-2-4(10)9-6(8)13/h3H,1-2,7H2,(H,11,12)(H3,8,9,10,13). The molecule has 0 fully saturated rings. The Bertz CT molecular complexity index is 245. The van der Waals surface area contributed by atoms with Gasteiger partial charge in [0.2, 0.25) is 5.91 Å². The second-order valence-corrected chi connectivity index (χ2v) is 3.40. The van der Waals surface area contributed by atoms with Crippen LogP contribution in [-0.4, -0.2) is 40.6 Å². The van der Waals surface area contributed by atoms with E-state index in [4.69, 9.17) is 10.8 Å². The van der Waals surface area contributed by atoms with Crippen molar-refractivity contribution >= 4 is 29.7 Å². The number of rotatable bonds is 5. The Kier molecular flexibility index (Phi) is 5.65. The number of nitrogens with two attached hydrogens (primary N) is 2. The van der Waals surface area contributed by atoms with Gasteiger partial charge in [-0.2, -0.15) is 0 Å². The molecule has 8 heteroatoms. The molecule has 0 saturated heterocycles. The van der Waals surface area contributed by atoms with Crippen LogP contribution < -0.4 is 16.8 Å². The number of aliphatic carboxylic acids is 1. The molecule has 0 aliphatic rings. The average molecular weight is 221 g/mol. The lowest BCUT2D eigenvalue weighted by atomic mass is 10.4. The van der Waals surface area contributed by atoms with Crippen LogP contribution in [0, 0.1) is 0 Å². The highest BCUT2D eigenvalue weighted by Gasteiger charge is 2.12. The third-order valence-electron chi connectivity index (χ3n) is 1.11. The molecular weight excluding hydrogens is 210 g/mol. The lowest BCUT2D eigenvalue weighted by Gasteiger charge is -2.04. The van der Waals surface area contributed by atoms with Gasteiger partial charge in [-0.25, -0.2) is 4.79 Å². The van der Waals surface area contributed by atoms with Crippen LogP contribution in [0.3, 0.4) is 0 Å². The molecule has 0 radical (unpaired) electrons. The molecule has 0 spiro atoms. The van der Waals surface area contributed by atoms with Crippen LogP contribution in [0.5, 0.6) is 0 Å². The second kappa shape index (κ2) is 6.22. The first-order valence-corrected chi connectivity index (χ1v) is 4.74. The van der Waals surface area contributed by atoms with E-state index in [0.29, 0.717) is 0 Å². The summed E-state index contributed by atoms with van der Waals surface area (Å²) in [5, 5.41) is 10.2. The van der Waals surface area contributed by atoms with Crippen molar-refractivity contribution in [2.75, 3.05) is 11.5 Å². The molecule has 6 N–H and O–H groups in total. The predicted octanol–water partition coefficient (Wildman–Crippen LogP) is -1.67. The number of hydrogen-bond acceptors (Lipinski definition) is 5. The maximum Gasteiger partial charge on any atom is 0.321 e. The normalized spacial score (nSPS) is 11.8. The summed E-state index contributed by atoms with van der Waals surface area (Å²) >= 11 is 1.01. The van der Waals surface area contributed by atoms with E-state index in [1.807, 2.05) is 5.32 Å². The van der Waals surface area contributed by atoms with E-state index in [0.717, 1.165) is 11.8 Å². The zero-order chi connectivity index (χ0) is 11.1. The first kappa shape index (κ1) is 12.7. The summed E-state index contributed by atoms with van der Waals surface area (Å²) in [7, 11) is 0. The van der Waals surface area contributed by atoms with Gasteiger partial charge in [0.05, 0.1) is 5.75 Å². The number of thioether (sulfide) groups is 1. The Morgan fingerprint density at radius 2 is 2.00 bits per heavy atom. The molecule has 0 saturated carbocycles. The van der Waals surface area contributed by atoms with Gasteiger partial charge in [0.1, 0.15) is 6.04 Å². The number of carbonyl (C=O) groups is 3. The van der Waals surface area contributed by atoms with Crippen molar-refractivity contribution in [3.8, 4) is 0 Å². The number of urea groups is 1. The van der Waals surface area contributed by atoms with Gasteiger partial charge in [0, 0.05) is 5.75 Å². The third-order valence-corrected chi connectivity index (χ3v) is 2.17. The Hall–Kier alpha value is -1.28. The summed E-state index contributed by atoms with van der Waals surface area (Å²) in [5.74, 6) is -1.65. The van der Waals surface area contributed by atoms with Gasteiger partial charge < -0.3 is 16.6 Å². The zero-order valence-corrected chi connectivity index (χ0v) is 8.04. The molecule has 14 heavy (non-hydrogen) atoms. The van der Waals surface area contributed by atoms with Crippen LogP contribution in [0.15, 0.2) is 0 Å². The van der Waals surface area contributed by atoms with Gasteiger partial charge in [-0.05, 0) is 0 Å². The minimum absolute atomic E-state index is 0.0517. The number of primary amides is 1. The summed E-state index contributed by atoms with van der Waals surface area (Å²) in [6.45, 7) is 0. The van der Waals surface area contributed by atoms with Crippen molar-refractivity contribution in [3.05, 3.63) is 0 Å². The fourth-order valence-electron chi connectivity index (χ4n) is 0.523. The SMILES string of the molecule is NC(=O)NC(=O)CSCC(N)C(=O)O. The number of nitrogens with one attached hydrogen (secondary N) is 1. The fourth-order valence-corrected chi connectivity index (χ4v) is 1.30. The van der Waals surface area contributed by atoms with E-state index in [9.17, 15) is 14.4 Å². The molecule has 0 aromatic heterocycles. The number of carboxylic acids is 1. The highest BCUT2D eigenvalue weighted by Crippen LogP contribution is 2.00. The number of hydrogen-bond donors (Lipinski definition) is 4. The quantitative estimate of drug-likeness (QED) is 0.438. The van der Waals surface area contributed by atoms with Crippen molar-refractivity contribution in [1.82, 2.24) is 5.32 Å². The van der Waals surface area contributed by atoms with Crippen LogP contribution in [-0.2, 0) is 9.59 Å². The minimum Gasteiger partial charge on any atom is -0.480 e. The Balaban J connectivity index is 3.59. The van der Waals surface area contributed by atoms with E-state index < -0.39 is 23.9 Å². The topological polar surface area (TPSA) is 136 Å². The van der Waals surface area contributed by atoms with Crippen molar-refractivity contribution in [2.45, 2.75) is 6.04 Å². The molecule has 0 aromatic rings. The monoisotopic (exact) mass is 221 g/mol. The Morgan fingerprint density at radius 1 is 1.43 bits per heavy atom. The van der Waals surface area contributed by atoms with Crippen molar-refractivity contribution in [2.24, 2.45) is 11.5 Å². The highest BCUT2D eigenvalue weighted by atomic mass is 32.2. The zero-order valence-electron chi connectivity index (χ0n) is 7.23. The smallest absolute Gasteiger partial charge is 0.321 e. The highest BCUT2D eigenvalue weighted by molar-refractivity contribution is 8.00. The second-order valence-electron chi connectivity index (χ2n) is 2.37. The average Bonchev–Trinajstić information content (AvgIpc) is 2.02. The molecule has 3 amide bonds. The fraction of sp³-hybridized carbons (Fsp3) is 0.500. The van der Waals surface area contributed by atoms with Crippen molar-refractivity contribution in [1.29, 1.82) is 0 Å². The maximum atomic E-state index is 10.8. The van der Waals surface area contributed by atoms with Crippen LogP contribution >= 0.6 is 11.8 Å². The molecule has 80 valence electrons. The lowest BCUT2D eigenvalue weighted by molar-refractivity contribution is -0.138. The van der Waals surface area contributed by atoms with E-state index in [-0.39, 0.29) is 11.5 Å². The molecule has 0 rings (SSSR count). The molecule has 1 unspecified atom stereocenters. The number of amides is 3. The van der Waals surface area contributed by atoms with E-state index in [1.165, 1.54) is 0 Å². The minimum atomic E-state index is -1.13. The molecule has 0 aliphatic carbocycles. The number of imide groups is 1. The summed E-state index contributed by atoms with van der Waals surface area (Å²) in [6.07, 6.45) is 0. The van der Waals surface area contributed by atoms with Gasteiger partial charge in [-0.1, -0.05) is 0 Å². The van der Waals surface area contributed by atoms with E-state index in [2.05, 4.69) is 5.73 Å². The van der Waals surface area contributed by atoms with Crippen molar-refractivity contribution in [3.63, 3.8) is 0 Å². The van der Waals surface area contributed by atoms with Gasteiger partial charge in [0.25, 0.3) is 0 Å². The number of carbonyl (C=O) groups excluding carboxylic acids is 2. The predicted molar refractivity (Wildman–Crippen MR) is 50.7 cm³/mol. The van der Waals surface area contributed by atoms with Crippen LogP contribution in [0.1, 0.15) is 0 Å². The first-order chi connectivity index (χ1) is 6.43. The maximum absolute atomic E-state index is 10.8. The summed E-state index contributed by atoms with van der Waals surface area (Å²) < 4.78 is 0. The Labute approximate surface area is 84.2 Å². The van der Waals surface area contributed by atoms with Gasteiger partial charge in [0.15, 0.2) is 0 Å². The molecule has 0 aromatic carbocycles. The van der Waals surface area contributed by atoms with Crippen LogP contribution in [0.25, 0.3) is 0 Å². The van der Waals surface area contributed by atoms with Crippen LogP contribution in [0.2, 0.25) is 0 Å². The summed E-state index contributed by atoms with van der Waals surface area (Å²) in [5.41, 5.74) is 9.83. The van der Waals surface area contributed by atoms with Gasteiger partial charge >= 0.3 is 12.0 Å². The van der Waals surface area contributed by atoms with Crippen LogP contribution in [0.4, 0.5) is 4.79 Å². The number of carboxylic acid groups (broad SMARTS) is 1. The molecule has 0 heterocycles. The van der Waals surface area contributed by atoms with E-state index >= 15 is 0 Å².